The summed E-state index contributed by atoms with van der Waals surface area (Å²) in [6.07, 6.45) is -0.509. The number of carbonyl (C=O) groups excluding carboxylic acids is 1. The van der Waals surface area contributed by atoms with Gasteiger partial charge in [-0.2, -0.15) is 0 Å². The van der Waals surface area contributed by atoms with Crippen molar-refractivity contribution in [2.45, 2.75) is 12.5 Å². The summed E-state index contributed by atoms with van der Waals surface area (Å²) in [6.45, 7) is 0. The van der Waals surface area contributed by atoms with Crippen LogP contribution in [-0.4, -0.2) is 28.2 Å². The Kier molecular flexibility index (Phi) is 3.29. The Hall–Kier alpha value is -2.89. The first-order valence-corrected chi connectivity index (χ1v) is 6.62. The van der Waals surface area contributed by atoms with E-state index in [4.69, 9.17) is 9.47 Å². The molecule has 0 aliphatic carbocycles. The zero-order chi connectivity index (χ0) is 15.9. The average molecular weight is 302 g/mol. The van der Waals surface area contributed by atoms with Crippen LogP contribution >= 0.6 is 0 Å². The van der Waals surface area contributed by atoms with Crippen LogP contribution in [0.3, 0.4) is 0 Å². The molecule has 0 aromatic heterocycles. The molecule has 3 rings (SSSR count). The lowest BCUT2D eigenvalue weighted by molar-refractivity contribution is 0.0848. The summed E-state index contributed by atoms with van der Waals surface area (Å²) >= 11 is 0. The van der Waals surface area contributed by atoms with Gasteiger partial charge in [0.05, 0.1) is 19.1 Å². The molecule has 1 aliphatic rings. The van der Waals surface area contributed by atoms with Gasteiger partial charge >= 0.3 is 0 Å². The predicted molar refractivity (Wildman–Crippen MR) is 76.7 cm³/mol. The number of fused-ring (bicyclic) bond motifs is 1. The van der Waals surface area contributed by atoms with Crippen LogP contribution in [0.15, 0.2) is 30.3 Å². The molecular weight excluding hydrogens is 288 g/mol. The Morgan fingerprint density at radius 1 is 1.09 bits per heavy atom. The molecule has 22 heavy (non-hydrogen) atoms. The zero-order valence-electron chi connectivity index (χ0n) is 11.7. The first kappa shape index (κ1) is 14.1. The maximum atomic E-state index is 12.3. The molecule has 0 saturated carbocycles. The SMILES string of the molecule is COc1cc2c(cc1O)OC(c1ccc(O)c(O)c1)CC2=O. The fourth-order valence-electron chi connectivity index (χ4n) is 2.43. The summed E-state index contributed by atoms with van der Waals surface area (Å²) in [6, 6.07) is 7.03. The summed E-state index contributed by atoms with van der Waals surface area (Å²) in [5, 5.41) is 28.7. The lowest BCUT2D eigenvalue weighted by atomic mass is 9.95. The van der Waals surface area contributed by atoms with Crippen LogP contribution in [0, 0.1) is 0 Å². The molecule has 0 saturated heterocycles. The second kappa shape index (κ2) is 5.14. The highest BCUT2D eigenvalue weighted by Crippen LogP contribution is 2.41. The molecule has 0 fully saturated rings. The van der Waals surface area contributed by atoms with Crippen LogP contribution < -0.4 is 9.47 Å². The second-order valence-electron chi connectivity index (χ2n) is 5.00. The number of ether oxygens (including phenoxy) is 2. The number of aromatic hydroxyl groups is 3. The van der Waals surface area contributed by atoms with E-state index >= 15 is 0 Å². The fourth-order valence-corrected chi connectivity index (χ4v) is 2.43. The molecular formula is C16H14O6. The van der Waals surface area contributed by atoms with E-state index in [2.05, 4.69) is 0 Å². The van der Waals surface area contributed by atoms with E-state index < -0.39 is 6.10 Å². The zero-order valence-corrected chi connectivity index (χ0v) is 11.7. The summed E-state index contributed by atoms with van der Waals surface area (Å²) in [5.41, 5.74) is 0.901. The summed E-state index contributed by atoms with van der Waals surface area (Å²) in [5.74, 6) is -0.338. The fraction of sp³-hybridized carbons (Fsp3) is 0.188. The van der Waals surface area contributed by atoms with Gasteiger partial charge in [0.15, 0.2) is 28.8 Å². The lowest BCUT2D eigenvalue weighted by Gasteiger charge is -2.26. The van der Waals surface area contributed by atoms with Crippen LogP contribution in [0.1, 0.15) is 28.4 Å². The second-order valence-corrected chi connectivity index (χ2v) is 5.00. The predicted octanol–water partition coefficient (Wildman–Crippen LogP) is 2.52. The van der Waals surface area contributed by atoms with Gasteiger partial charge in [-0.25, -0.2) is 0 Å². The van der Waals surface area contributed by atoms with Gasteiger partial charge in [0, 0.05) is 6.07 Å². The van der Waals surface area contributed by atoms with E-state index in [0.29, 0.717) is 11.1 Å². The van der Waals surface area contributed by atoms with E-state index in [-0.39, 0.29) is 41.0 Å². The number of hydrogen-bond acceptors (Lipinski definition) is 6. The number of carbonyl (C=O) groups is 1. The first-order chi connectivity index (χ1) is 10.5. The Labute approximate surface area is 126 Å². The number of benzene rings is 2. The maximum Gasteiger partial charge on any atom is 0.170 e. The average Bonchev–Trinajstić information content (AvgIpc) is 2.49. The third-order valence-electron chi connectivity index (χ3n) is 3.59. The van der Waals surface area contributed by atoms with Crippen molar-refractivity contribution < 1.29 is 29.6 Å². The molecule has 2 aromatic rings. The minimum Gasteiger partial charge on any atom is -0.504 e. The van der Waals surface area contributed by atoms with Gasteiger partial charge in [-0.15, -0.1) is 0 Å². The number of Topliss-reactive ketones (excluding diaryl/α,β-unsaturated/α-hetero) is 1. The smallest absolute Gasteiger partial charge is 0.170 e. The standard InChI is InChI=1S/C16H14O6/c1-21-16-5-9-11(18)6-14(22-15(9)7-13(16)20)8-2-3-10(17)12(19)4-8/h2-5,7,14,17,19-20H,6H2,1H3. The summed E-state index contributed by atoms with van der Waals surface area (Å²) in [7, 11) is 1.40. The van der Waals surface area contributed by atoms with Crippen molar-refractivity contribution in [3.05, 3.63) is 41.5 Å². The van der Waals surface area contributed by atoms with Crippen molar-refractivity contribution >= 4 is 5.78 Å². The first-order valence-electron chi connectivity index (χ1n) is 6.62. The third kappa shape index (κ3) is 2.28. The van der Waals surface area contributed by atoms with E-state index in [1.165, 1.54) is 31.4 Å². The third-order valence-corrected chi connectivity index (χ3v) is 3.59. The van der Waals surface area contributed by atoms with Crippen molar-refractivity contribution in [2.24, 2.45) is 0 Å². The van der Waals surface area contributed by atoms with E-state index in [0.717, 1.165) is 0 Å². The van der Waals surface area contributed by atoms with Gasteiger partial charge in [0.25, 0.3) is 0 Å². The molecule has 0 spiro atoms. The van der Waals surface area contributed by atoms with Crippen LogP contribution in [-0.2, 0) is 0 Å². The van der Waals surface area contributed by atoms with Gasteiger partial charge in [0.2, 0.25) is 0 Å². The Bertz CT molecular complexity index is 753. The number of ketones is 1. The maximum absolute atomic E-state index is 12.3. The molecule has 0 amide bonds. The Balaban J connectivity index is 1.98. The molecule has 6 nitrogen and oxygen atoms in total. The number of phenolic OH excluding ortho intramolecular Hbond substituents is 3. The highest BCUT2D eigenvalue weighted by molar-refractivity contribution is 6.00. The van der Waals surface area contributed by atoms with Crippen molar-refractivity contribution in [2.75, 3.05) is 7.11 Å². The molecule has 1 aliphatic heterocycles. The molecule has 3 N–H and O–H groups in total. The van der Waals surface area contributed by atoms with Gasteiger partial charge in [-0.05, 0) is 23.8 Å². The van der Waals surface area contributed by atoms with Gasteiger partial charge in [-0.3, -0.25) is 4.79 Å². The highest BCUT2D eigenvalue weighted by Gasteiger charge is 2.29. The Morgan fingerprint density at radius 2 is 1.86 bits per heavy atom. The van der Waals surface area contributed by atoms with Crippen LogP contribution in [0.4, 0.5) is 0 Å². The van der Waals surface area contributed by atoms with Crippen molar-refractivity contribution in [1.82, 2.24) is 0 Å². The molecule has 0 bridgehead atoms. The molecule has 1 atom stereocenters. The molecule has 6 heteroatoms. The van der Waals surface area contributed by atoms with Gasteiger partial charge < -0.3 is 24.8 Å². The molecule has 1 heterocycles. The summed E-state index contributed by atoms with van der Waals surface area (Å²) < 4.78 is 10.7. The number of methoxy groups -OCH3 is 1. The van der Waals surface area contributed by atoms with Crippen molar-refractivity contribution in [1.29, 1.82) is 0 Å². The highest BCUT2D eigenvalue weighted by atomic mass is 16.5. The largest absolute Gasteiger partial charge is 0.504 e. The van der Waals surface area contributed by atoms with Crippen molar-refractivity contribution in [3.63, 3.8) is 0 Å². The summed E-state index contributed by atoms with van der Waals surface area (Å²) in [4.78, 5) is 12.3. The van der Waals surface area contributed by atoms with Crippen LogP contribution in [0.25, 0.3) is 0 Å². The lowest BCUT2D eigenvalue weighted by Crippen LogP contribution is -2.20. The number of phenols is 3. The van der Waals surface area contributed by atoms with Crippen molar-refractivity contribution in [3.8, 4) is 28.7 Å². The minimum absolute atomic E-state index is 0.0884. The topological polar surface area (TPSA) is 96.2 Å². The molecule has 2 aromatic carbocycles. The Morgan fingerprint density at radius 3 is 2.55 bits per heavy atom. The molecule has 0 radical (unpaired) electrons. The number of hydrogen-bond donors (Lipinski definition) is 3. The van der Waals surface area contributed by atoms with Crippen LogP contribution in [0.5, 0.6) is 28.7 Å². The normalized spacial score (nSPS) is 16.8. The number of rotatable bonds is 2. The molecule has 114 valence electrons. The van der Waals surface area contributed by atoms with Gasteiger partial charge in [0.1, 0.15) is 11.9 Å². The van der Waals surface area contributed by atoms with Gasteiger partial charge in [-0.1, -0.05) is 6.07 Å². The quantitative estimate of drug-likeness (QED) is 0.738. The minimum atomic E-state index is -0.598. The van der Waals surface area contributed by atoms with E-state index in [9.17, 15) is 20.1 Å². The van der Waals surface area contributed by atoms with Crippen LogP contribution in [0.2, 0.25) is 0 Å². The van der Waals surface area contributed by atoms with E-state index in [1.54, 1.807) is 6.07 Å². The molecule has 1 unspecified atom stereocenters. The van der Waals surface area contributed by atoms with E-state index in [1.807, 2.05) is 0 Å². The monoisotopic (exact) mass is 302 g/mol.